The van der Waals surface area contributed by atoms with Crippen LogP contribution >= 0.6 is 11.3 Å². The summed E-state index contributed by atoms with van der Waals surface area (Å²) in [6, 6.07) is 15.6. The molecular formula is C19H20N2O2S. The highest BCUT2D eigenvalue weighted by molar-refractivity contribution is 7.16. The normalized spacial score (nSPS) is 13.6. The van der Waals surface area contributed by atoms with Crippen LogP contribution in [0.25, 0.3) is 10.2 Å². The van der Waals surface area contributed by atoms with Crippen molar-refractivity contribution in [2.45, 2.75) is 18.9 Å². The van der Waals surface area contributed by atoms with E-state index in [9.17, 15) is 4.79 Å². The lowest BCUT2D eigenvalue weighted by molar-refractivity contribution is -0.0164. The van der Waals surface area contributed by atoms with Gasteiger partial charge in [-0.1, -0.05) is 37.3 Å². The molecule has 1 aromatic heterocycles. The number of hydrogen-bond acceptors (Lipinski definition) is 4. The lowest BCUT2D eigenvalue weighted by Crippen LogP contribution is -2.41. The van der Waals surface area contributed by atoms with Crippen molar-refractivity contribution in [2.24, 2.45) is 0 Å². The number of nitrogens with one attached hydrogen (secondary N) is 1. The summed E-state index contributed by atoms with van der Waals surface area (Å²) in [7, 11) is 1.69. The molecule has 0 saturated heterocycles. The van der Waals surface area contributed by atoms with Crippen LogP contribution < -0.4 is 5.32 Å². The zero-order valence-corrected chi connectivity index (χ0v) is 14.6. The number of carbonyl (C=O) groups is 1. The predicted octanol–water partition coefficient (Wildman–Crippen LogP) is 3.98. The quantitative estimate of drug-likeness (QED) is 0.738. The van der Waals surface area contributed by atoms with E-state index in [1.54, 1.807) is 18.7 Å². The molecule has 0 aliphatic carbocycles. The monoisotopic (exact) mass is 340 g/mol. The molecule has 1 N–H and O–H groups in total. The highest BCUT2D eigenvalue weighted by atomic mass is 32.1. The second kappa shape index (κ2) is 7.11. The van der Waals surface area contributed by atoms with E-state index in [1.165, 1.54) is 11.3 Å². The first-order valence-corrected chi connectivity index (χ1v) is 8.78. The van der Waals surface area contributed by atoms with Gasteiger partial charge in [-0.05, 0) is 30.2 Å². The van der Waals surface area contributed by atoms with Crippen molar-refractivity contribution in [3.63, 3.8) is 0 Å². The third kappa shape index (κ3) is 3.18. The van der Waals surface area contributed by atoms with Gasteiger partial charge in [-0.2, -0.15) is 0 Å². The number of amides is 1. The van der Waals surface area contributed by atoms with Crippen molar-refractivity contribution in [3.05, 3.63) is 65.2 Å². The van der Waals surface area contributed by atoms with Gasteiger partial charge in [0.15, 0.2) is 0 Å². The molecule has 3 rings (SSSR count). The van der Waals surface area contributed by atoms with Crippen LogP contribution in [0.4, 0.5) is 0 Å². The molecule has 2 aromatic carbocycles. The van der Waals surface area contributed by atoms with Crippen LogP contribution in [-0.2, 0) is 10.3 Å². The van der Waals surface area contributed by atoms with Crippen molar-refractivity contribution >= 4 is 27.5 Å². The summed E-state index contributed by atoms with van der Waals surface area (Å²) in [6.45, 7) is 2.48. The maximum absolute atomic E-state index is 12.5. The van der Waals surface area contributed by atoms with Crippen molar-refractivity contribution in [1.82, 2.24) is 10.3 Å². The van der Waals surface area contributed by atoms with Gasteiger partial charge in [-0.3, -0.25) is 4.79 Å². The lowest BCUT2D eigenvalue weighted by Gasteiger charge is -2.32. The molecule has 0 fully saturated rings. The van der Waals surface area contributed by atoms with Gasteiger partial charge in [-0.15, -0.1) is 11.3 Å². The summed E-state index contributed by atoms with van der Waals surface area (Å²) in [5, 5.41) is 3.02. The molecule has 0 aliphatic heterocycles. The second-order valence-corrected chi connectivity index (χ2v) is 6.52. The molecule has 24 heavy (non-hydrogen) atoms. The average molecular weight is 340 g/mol. The van der Waals surface area contributed by atoms with Gasteiger partial charge in [0.1, 0.15) is 5.60 Å². The fourth-order valence-corrected chi connectivity index (χ4v) is 3.55. The molecular weight excluding hydrogens is 320 g/mol. The summed E-state index contributed by atoms with van der Waals surface area (Å²) in [4.78, 5) is 16.8. The Morgan fingerprint density at radius 2 is 2.04 bits per heavy atom. The minimum Gasteiger partial charge on any atom is -0.372 e. The van der Waals surface area contributed by atoms with E-state index in [1.807, 2.05) is 42.5 Å². The van der Waals surface area contributed by atoms with Gasteiger partial charge >= 0.3 is 0 Å². The van der Waals surface area contributed by atoms with Crippen LogP contribution in [0.3, 0.4) is 0 Å². The Balaban J connectivity index is 1.78. The van der Waals surface area contributed by atoms with E-state index in [4.69, 9.17) is 4.74 Å². The van der Waals surface area contributed by atoms with Crippen LogP contribution in [0.2, 0.25) is 0 Å². The van der Waals surface area contributed by atoms with Gasteiger partial charge in [0.25, 0.3) is 5.91 Å². The maximum atomic E-state index is 12.5. The number of fused-ring (bicyclic) bond motifs is 1. The Labute approximate surface area is 145 Å². The largest absolute Gasteiger partial charge is 0.372 e. The number of rotatable bonds is 6. The van der Waals surface area contributed by atoms with Crippen molar-refractivity contribution < 1.29 is 9.53 Å². The topological polar surface area (TPSA) is 51.2 Å². The molecule has 5 heteroatoms. The van der Waals surface area contributed by atoms with Gasteiger partial charge in [-0.25, -0.2) is 4.98 Å². The molecule has 0 bridgehead atoms. The van der Waals surface area contributed by atoms with E-state index in [2.05, 4.69) is 17.2 Å². The molecule has 0 radical (unpaired) electrons. The molecule has 4 nitrogen and oxygen atoms in total. The SMILES string of the molecule is CCC(CNC(=O)c1ccc2ncsc2c1)(OC)c1ccccc1. The van der Waals surface area contributed by atoms with Crippen molar-refractivity contribution in [2.75, 3.05) is 13.7 Å². The smallest absolute Gasteiger partial charge is 0.251 e. The van der Waals surface area contributed by atoms with Crippen molar-refractivity contribution in [3.8, 4) is 0 Å². The second-order valence-electron chi connectivity index (χ2n) is 5.64. The molecule has 1 atom stereocenters. The molecule has 0 spiro atoms. The number of carbonyl (C=O) groups excluding carboxylic acids is 1. The molecule has 124 valence electrons. The molecule has 1 unspecified atom stereocenters. The van der Waals surface area contributed by atoms with Crippen LogP contribution in [-0.4, -0.2) is 24.5 Å². The maximum Gasteiger partial charge on any atom is 0.251 e. The number of aromatic nitrogens is 1. The number of ether oxygens (including phenoxy) is 1. The average Bonchev–Trinajstić information content (AvgIpc) is 3.11. The summed E-state index contributed by atoms with van der Waals surface area (Å²) in [5.41, 5.74) is 3.88. The molecule has 0 aliphatic rings. The van der Waals surface area contributed by atoms with E-state index >= 15 is 0 Å². The molecule has 0 saturated carbocycles. The number of benzene rings is 2. The zero-order chi connectivity index (χ0) is 17.0. The predicted molar refractivity (Wildman–Crippen MR) is 97.4 cm³/mol. The van der Waals surface area contributed by atoms with Gasteiger partial charge in [0, 0.05) is 12.7 Å². The fourth-order valence-electron chi connectivity index (χ4n) is 2.83. The first-order valence-electron chi connectivity index (χ1n) is 7.90. The summed E-state index contributed by atoms with van der Waals surface area (Å²) < 4.78 is 6.81. The minimum atomic E-state index is -0.522. The van der Waals surface area contributed by atoms with Crippen LogP contribution in [0, 0.1) is 0 Å². The fraction of sp³-hybridized carbons (Fsp3) is 0.263. The third-order valence-electron chi connectivity index (χ3n) is 4.39. The van der Waals surface area contributed by atoms with Crippen LogP contribution in [0.15, 0.2) is 54.0 Å². The van der Waals surface area contributed by atoms with Crippen molar-refractivity contribution in [1.29, 1.82) is 0 Å². The minimum absolute atomic E-state index is 0.101. The third-order valence-corrected chi connectivity index (χ3v) is 5.18. The zero-order valence-electron chi connectivity index (χ0n) is 13.8. The van der Waals surface area contributed by atoms with Gasteiger partial charge in [0.05, 0.1) is 22.3 Å². The Morgan fingerprint density at radius 1 is 1.25 bits per heavy atom. The number of hydrogen-bond donors (Lipinski definition) is 1. The Morgan fingerprint density at radius 3 is 2.75 bits per heavy atom. The van der Waals surface area contributed by atoms with E-state index in [0.29, 0.717) is 12.1 Å². The van der Waals surface area contributed by atoms with Gasteiger partial charge in [0.2, 0.25) is 0 Å². The Hall–Kier alpha value is -2.24. The van der Waals surface area contributed by atoms with E-state index in [-0.39, 0.29) is 5.91 Å². The summed E-state index contributed by atoms with van der Waals surface area (Å²) in [6.07, 6.45) is 0.766. The van der Waals surface area contributed by atoms with Crippen LogP contribution in [0.5, 0.6) is 0 Å². The molecule has 1 amide bonds. The number of methoxy groups -OCH3 is 1. The number of nitrogens with zero attached hydrogens (tertiary/aromatic N) is 1. The van der Waals surface area contributed by atoms with E-state index in [0.717, 1.165) is 22.2 Å². The highest BCUT2D eigenvalue weighted by Crippen LogP contribution is 2.28. The van der Waals surface area contributed by atoms with Gasteiger partial charge < -0.3 is 10.1 Å². The molecule has 3 aromatic rings. The molecule has 1 heterocycles. The lowest BCUT2D eigenvalue weighted by atomic mass is 9.90. The highest BCUT2D eigenvalue weighted by Gasteiger charge is 2.30. The standard InChI is InChI=1S/C19H20N2O2S/c1-3-19(23-2,15-7-5-4-6-8-15)12-20-18(22)14-9-10-16-17(11-14)24-13-21-16/h4-11,13H,3,12H2,1-2H3,(H,20,22). The first-order chi connectivity index (χ1) is 11.7. The van der Waals surface area contributed by atoms with E-state index < -0.39 is 5.60 Å². The Kier molecular flexibility index (Phi) is 4.92. The summed E-state index contributed by atoms with van der Waals surface area (Å²) in [5.74, 6) is -0.101. The first kappa shape index (κ1) is 16.6. The van der Waals surface area contributed by atoms with Crippen LogP contribution in [0.1, 0.15) is 29.3 Å². The summed E-state index contributed by atoms with van der Waals surface area (Å²) >= 11 is 1.53. The Bertz CT molecular complexity index is 826. The number of thiazole rings is 1.